The Balaban J connectivity index is 1.54. The van der Waals surface area contributed by atoms with E-state index < -0.39 is 29.5 Å². The zero-order valence-corrected chi connectivity index (χ0v) is 20.8. The normalized spacial score (nSPS) is 16.1. The van der Waals surface area contributed by atoms with E-state index in [2.05, 4.69) is 16.3 Å². The van der Waals surface area contributed by atoms with E-state index in [0.29, 0.717) is 25.3 Å². The SMILES string of the molecule is Cc1cccc(CN(CC2CCCO2)CC(Oc2ccc(F)c(F)c2)C(=O)NCc2cccc(F)c2)c1. The molecule has 196 valence electrons. The van der Waals surface area contributed by atoms with Crippen LogP contribution >= 0.6 is 0 Å². The molecule has 1 N–H and O–H groups in total. The summed E-state index contributed by atoms with van der Waals surface area (Å²) < 4.78 is 52.7. The Morgan fingerprint density at radius 3 is 2.59 bits per heavy atom. The minimum Gasteiger partial charge on any atom is -0.479 e. The molecule has 0 spiro atoms. The van der Waals surface area contributed by atoms with E-state index in [1.54, 1.807) is 12.1 Å². The number of carbonyl (C=O) groups excluding carboxylic acids is 1. The van der Waals surface area contributed by atoms with Crippen molar-refractivity contribution in [2.75, 3.05) is 19.7 Å². The summed E-state index contributed by atoms with van der Waals surface area (Å²) in [5.41, 5.74) is 2.79. The first-order valence-electron chi connectivity index (χ1n) is 12.4. The van der Waals surface area contributed by atoms with Gasteiger partial charge >= 0.3 is 0 Å². The second-order valence-corrected chi connectivity index (χ2v) is 9.35. The van der Waals surface area contributed by atoms with Crippen molar-refractivity contribution in [3.05, 3.63) is 101 Å². The van der Waals surface area contributed by atoms with Crippen LogP contribution in [-0.2, 0) is 22.6 Å². The number of hydrogen-bond acceptors (Lipinski definition) is 4. The number of aryl methyl sites for hydroxylation is 1. The van der Waals surface area contributed by atoms with Crippen molar-refractivity contribution in [3.63, 3.8) is 0 Å². The molecule has 0 saturated carbocycles. The third-order valence-corrected chi connectivity index (χ3v) is 6.22. The van der Waals surface area contributed by atoms with Gasteiger partial charge in [0.15, 0.2) is 17.7 Å². The molecule has 3 aromatic rings. The number of carbonyl (C=O) groups is 1. The highest BCUT2D eigenvalue weighted by Crippen LogP contribution is 2.20. The summed E-state index contributed by atoms with van der Waals surface area (Å²) in [6.07, 6.45) is 0.894. The summed E-state index contributed by atoms with van der Waals surface area (Å²) in [6, 6.07) is 17.2. The summed E-state index contributed by atoms with van der Waals surface area (Å²) in [6.45, 7) is 4.13. The number of halogens is 3. The molecule has 1 saturated heterocycles. The predicted octanol–water partition coefficient (Wildman–Crippen LogP) is 5.16. The second-order valence-electron chi connectivity index (χ2n) is 9.35. The van der Waals surface area contributed by atoms with Crippen molar-refractivity contribution in [3.8, 4) is 5.75 Å². The molecule has 5 nitrogen and oxygen atoms in total. The summed E-state index contributed by atoms with van der Waals surface area (Å²) >= 11 is 0. The molecule has 0 aromatic heterocycles. The highest BCUT2D eigenvalue weighted by molar-refractivity contribution is 5.81. The maximum Gasteiger partial charge on any atom is 0.262 e. The van der Waals surface area contributed by atoms with Gasteiger partial charge in [0.1, 0.15) is 11.6 Å². The van der Waals surface area contributed by atoms with Gasteiger partial charge in [-0.1, -0.05) is 42.0 Å². The molecule has 4 rings (SSSR count). The highest BCUT2D eigenvalue weighted by Gasteiger charge is 2.27. The topological polar surface area (TPSA) is 50.8 Å². The van der Waals surface area contributed by atoms with Crippen LogP contribution in [0.25, 0.3) is 0 Å². The molecule has 3 aromatic carbocycles. The predicted molar refractivity (Wildman–Crippen MR) is 134 cm³/mol. The average molecular weight is 513 g/mol. The fourth-order valence-electron chi connectivity index (χ4n) is 4.42. The van der Waals surface area contributed by atoms with E-state index in [-0.39, 0.29) is 24.9 Å². The third-order valence-electron chi connectivity index (χ3n) is 6.22. The van der Waals surface area contributed by atoms with Gasteiger partial charge in [-0.05, 0) is 55.2 Å². The molecular formula is C29H31F3N2O3. The number of rotatable bonds is 11. The fraction of sp³-hybridized carbons (Fsp3) is 0.345. The largest absolute Gasteiger partial charge is 0.479 e. The minimum atomic E-state index is -1.06. The molecule has 1 amide bonds. The van der Waals surface area contributed by atoms with Gasteiger partial charge < -0.3 is 14.8 Å². The van der Waals surface area contributed by atoms with Crippen molar-refractivity contribution < 1.29 is 27.4 Å². The van der Waals surface area contributed by atoms with Crippen molar-refractivity contribution >= 4 is 5.91 Å². The zero-order valence-electron chi connectivity index (χ0n) is 20.8. The average Bonchev–Trinajstić information content (AvgIpc) is 3.37. The van der Waals surface area contributed by atoms with Crippen LogP contribution in [0, 0.1) is 24.4 Å². The van der Waals surface area contributed by atoms with Crippen molar-refractivity contribution in [2.24, 2.45) is 0 Å². The third kappa shape index (κ3) is 8.06. The summed E-state index contributed by atoms with van der Waals surface area (Å²) in [5.74, 6) is -2.87. The fourth-order valence-corrected chi connectivity index (χ4v) is 4.42. The van der Waals surface area contributed by atoms with Crippen molar-refractivity contribution in [1.29, 1.82) is 0 Å². The Labute approximate surface area is 215 Å². The lowest BCUT2D eigenvalue weighted by atomic mass is 10.1. The number of nitrogens with one attached hydrogen (secondary N) is 1. The lowest BCUT2D eigenvalue weighted by Crippen LogP contribution is -2.47. The van der Waals surface area contributed by atoms with Crippen LogP contribution in [0.4, 0.5) is 13.2 Å². The first-order valence-corrected chi connectivity index (χ1v) is 12.4. The van der Waals surface area contributed by atoms with Crippen LogP contribution < -0.4 is 10.1 Å². The number of ether oxygens (including phenoxy) is 2. The number of amides is 1. The molecule has 1 aliphatic rings. The van der Waals surface area contributed by atoms with E-state index in [9.17, 15) is 18.0 Å². The molecule has 0 aliphatic carbocycles. The summed E-state index contributed by atoms with van der Waals surface area (Å²) in [7, 11) is 0. The van der Waals surface area contributed by atoms with Gasteiger partial charge in [-0.25, -0.2) is 13.2 Å². The molecule has 37 heavy (non-hydrogen) atoms. The van der Waals surface area contributed by atoms with Gasteiger partial charge in [-0.3, -0.25) is 9.69 Å². The Hall–Kier alpha value is -3.36. The molecule has 1 aliphatic heterocycles. The Morgan fingerprint density at radius 2 is 1.86 bits per heavy atom. The lowest BCUT2D eigenvalue weighted by Gasteiger charge is -2.29. The number of hydrogen-bond donors (Lipinski definition) is 1. The summed E-state index contributed by atoms with van der Waals surface area (Å²) in [5, 5.41) is 2.79. The maximum atomic E-state index is 13.9. The van der Waals surface area contributed by atoms with E-state index in [0.717, 1.165) is 36.1 Å². The molecule has 2 atom stereocenters. The smallest absolute Gasteiger partial charge is 0.262 e. The van der Waals surface area contributed by atoms with Gasteiger partial charge in [0.05, 0.1) is 6.10 Å². The molecule has 1 heterocycles. The number of benzene rings is 3. The van der Waals surface area contributed by atoms with Gasteiger partial charge in [0.25, 0.3) is 5.91 Å². The minimum absolute atomic E-state index is 0.0316. The van der Waals surface area contributed by atoms with Gasteiger partial charge in [0, 0.05) is 38.9 Å². The van der Waals surface area contributed by atoms with Crippen LogP contribution in [0.5, 0.6) is 5.75 Å². The Morgan fingerprint density at radius 1 is 1.05 bits per heavy atom. The first kappa shape index (κ1) is 26.7. The zero-order chi connectivity index (χ0) is 26.2. The van der Waals surface area contributed by atoms with E-state index in [1.165, 1.54) is 18.2 Å². The Bertz CT molecular complexity index is 1200. The highest BCUT2D eigenvalue weighted by atomic mass is 19.2. The number of nitrogens with zero attached hydrogens (tertiary/aromatic N) is 1. The lowest BCUT2D eigenvalue weighted by molar-refractivity contribution is -0.129. The Kier molecular flexibility index (Phi) is 9.19. The molecule has 2 unspecified atom stereocenters. The molecule has 0 radical (unpaired) electrons. The quantitative estimate of drug-likeness (QED) is 0.386. The van der Waals surface area contributed by atoms with Crippen LogP contribution in [0.3, 0.4) is 0 Å². The van der Waals surface area contributed by atoms with Gasteiger partial charge in [0.2, 0.25) is 0 Å². The van der Waals surface area contributed by atoms with E-state index in [1.807, 2.05) is 25.1 Å². The molecule has 8 heteroatoms. The van der Waals surface area contributed by atoms with Crippen molar-refractivity contribution in [2.45, 2.75) is 45.1 Å². The van der Waals surface area contributed by atoms with Crippen LogP contribution in [0.1, 0.15) is 29.5 Å². The van der Waals surface area contributed by atoms with Crippen LogP contribution in [0.15, 0.2) is 66.7 Å². The maximum absolute atomic E-state index is 13.9. The van der Waals surface area contributed by atoms with E-state index >= 15 is 0 Å². The molecular weight excluding hydrogens is 481 g/mol. The molecule has 1 fully saturated rings. The monoisotopic (exact) mass is 512 g/mol. The standard InChI is InChI=1S/C29H31F3N2O3/c1-20-5-2-7-22(13-20)17-34(18-25-9-4-12-36-25)19-28(37-24-10-11-26(31)27(32)15-24)29(35)33-16-21-6-3-8-23(30)14-21/h2-3,5-8,10-11,13-15,25,28H,4,9,12,16-19H2,1H3,(H,33,35). The van der Waals surface area contributed by atoms with Crippen LogP contribution in [-0.4, -0.2) is 42.7 Å². The second kappa shape index (κ2) is 12.7. The molecule has 0 bridgehead atoms. The van der Waals surface area contributed by atoms with Crippen molar-refractivity contribution in [1.82, 2.24) is 10.2 Å². The van der Waals surface area contributed by atoms with E-state index in [4.69, 9.17) is 9.47 Å². The van der Waals surface area contributed by atoms with Crippen LogP contribution in [0.2, 0.25) is 0 Å². The van der Waals surface area contributed by atoms with Gasteiger partial charge in [-0.15, -0.1) is 0 Å². The first-order chi connectivity index (χ1) is 17.9. The summed E-state index contributed by atoms with van der Waals surface area (Å²) in [4.78, 5) is 15.4. The van der Waals surface area contributed by atoms with Gasteiger partial charge in [-0.2, -0.15) is 0 Å².